The van der Waals surface area contributed by atoms with E-state index in [-0.39, 0.29) is 13.2 Å². The Balaban J connectivity index is 2.53. The number of aliphatic hydroxyl groups is 1. The van der Waals surface area contributed by atoms with Gasteiger partial charge in [0, 0.05) is 23.7 Å². The molecule has 0 bridgehead atoms. The Morgan fingerprint density at radius 2 is 2.05 bits per heavy atom. The molecule has 0 saturated carbocycles. The molecule has 1 unspecified atom stereocenters. The van der Waals surface area contributed by atoms with E-state index >= 15 is 0 Å². The first kappa shape index (κ1) is 18.4. The lowest BCUT2D eigenvalue weighted by molar-refractivity contribution is -0.00441. The van der Waals surface area contributed by atoms with Gasteiger partial charge in [0.2, 0.25) is 0 Å². The highest BCUT2D eigenvalue weighted by molar-refractivity contribution is 9.10. The summed E-state index contributed by atoms with van der Waals surface area (Å²) in [4.78, 5) is 0. The maximum atomic E-state index is 9.86. The third-order valence-electron chi connectivity index (χ3n) is 2.85. The first-order valence-electron chi connectivity index (χ1n) is 6.89. The highest BCUT2D eigenvalue weighted by Gasteiger charge is 2.11. The van der Waals surface area contributed by atoms with Crippen molar-refractivity contribution in [1.29, 1.82) is 0 Å². The number of aryl methyl sites for hydroxylation is 1. The molecule has 0 heterocycles. The van der Waals surface area contributed by atoms with Crippen LogP contribution in [0.1, 0.15) is 11.1 Å². The Bertz CT molecular complexity index is 428. The predicted octanol–water partition coefficient (Wildman–Crippen LogP) is 1.88. The fraction of sp³-hybridized carbons (Fsp3) is 0.600. The van der Waals surface area contributed by atoms with Crippen molar-refractivity contribution in [3.63, 3.8) is 0 Å². The first-order valence-corrected chi connectivity index (χ1v) is 7.69. The molecule has 6 heteroatoms. The van der Waals surface area contributed by atoms with Crippen LogP contribution in [0, 0.1) is 6.92 Å². The van der Waals surface area contributed by atoms with Crippen molar-refractivity contribution < 1.29 is 19.3 Å². The molecule has 0 fully saturated rings. The molecule has 1 aromatic carbocycles. The van der Waals surface area contributed by atoms with Gasteiger partial charge >= 0.3 is 0 Å². The van der Waals surface area contributed by atoms with Crippen LogP contribution in [0.5, 0.6) is 5.75 Å². The molecule has 0 aliphatic rings. The van der Waals surface area contributed by atoms with E-state index in [0.717, 1.165) is 21.3 Å². The number of benzene rings is 1. The van der Waals surface area contributed by atoms with Gasteiger partial charge in [-0.2, -0.15) is 0 Å². The van der Waals surface area contributed by atoms with Crippen LogP contribution in [0.4, 0.5) is 0 Å². The maximum absolute atomic E-state index is 9.86. The van der Waals surface area contributed by atoms with Gasteiger partial charge < -0.3 is 24.6 Å². The lowest BCUT2D eigenvalue weighted by Crippen LogP contribution is -2.25. The second kappa shape index (κ2) is 10.1. The Morgan fingerprint density at radius 3 is 2.71 bits per heavy atom. The van der Waals surface area contributed by atoms with Crippen LogP contribution in [0.3, 0.4) is 0 Å². The predicted molar refractivity (Wildman–Crippen MR) is 85.8 cm³/mol. The largest absolute Gasteiger partial charge is 0.490 e. The van der Waals surface area contributed by atoms with Gasteiger partial charge in [0.05, 0.1) is 19.8 Å². The van der Waals surface area contributed by atoms with E-state index in [1.807, 2.05) is 26.1 Å². The number of nitrogens with one attached hydrogen (secondary N) is 1. The lowest BCUT2D eigenvalue weighted by Gasteiger charge is -2.17. The van der Waals surface area contributed by atoms with Crippen LogP contribution in [-0.4, -0.2) is 51.8 Å². The van der Waals surface area contributed by atoms with Crippen LogP contribution in [0.2, 0.25) is 0 Å². The zero-order chi connectivity index (χ0) is 15.7. The van der Waals surface area contributed by atoms with Gasteiger partial charge in [-0.05, 0) is 31.7 Å². The minimum absolute atomic E-state index is 0.201. The monoisotopic (exact) mass is 361 g/mol. The zero-order valence-electron chi connectivity index (χ0n) is 12.8. The molecule has 0 aliphatic carbocycles. The van der Waals surface area contributed by atoms with Crippen LogP contribution in [0.25, 0.3) is 0 Å². The molecule has 0 amide bonds. The van der Waals surface area contributed by atoms with Crippen molar-refractivity contribution >= 4 is 15.9 Å². The summed E-state index contributed by atoms with van der Waals surface area (Å²) in [6.45, 7) is 4.12. The van der Waals surface area contributed by atoms with E-state index in [1.165, 1.54) is 0 Å². The van der Waals surface area contributed by atoms with E-state index in [2.05, 4.69) is 21.2 Å². The molecule has 120 valence electrons. The Hall–Kier alpha value is -0.660. The average Bonchev–Trinajstić information content (AvgIpc) is 2.43. The average molecular weight is 362 g/mol. The fourth-order valence-corrected chi connectivity index (χ4v) is 2.54. The summed E-state index contributed by atoms with van der Waals surface area (Å²) < 4.78 is 16.9. The Kier molecular flexibility index (Phi) is 8.87. The van der Waals surface area contributed by atoms with Gasteiger partial charge in [0.15, 0.2) is 0 Å². The molecule has 0 radical (unpaired) electrons. The van der Waals surface area contributed by atoms with Crippen molar-refractivity contribution in [2.75, 3.05) is 40.6 Å². The summed E-state index contributed by atoms with van der Waals surface area (Å²) >= 11 is 3.48. The molecular weight excluding hydrogens is 338 g/mol. The smallest absolute Gasteiger partial charge is 0.126 e. The van der Waals surface area contributed by atoms with Crippen molar-refractivity contribution in [2.24, 2.45) is 0 Å². The minimum Gasteiger partial charge on any atom is -0.490 e. The summed E-state index contributed by atoms with van der Waals surface area (Å²) in [5.74, 6) is 0.809. The fourth-order valence-electron chi connectivity index (χ4n) is 1.92. The van der Waals surface area contributed by atoms with E-state index in [0.29, 0.717) is 19.8 Å². The van der Waals surface area contributed by atoms with Gasteiger partial charge in [-0.25, -0.2) is 0 Å². The number of methoxy groups -OCH3 is 1. The van der Waals surface area contributed by atoms with Crippen molar-refractivity contribution in [2.45, 2.75) is 19.6 Å². The zero-order valence-corrected chi connectivity index (χ0v) is 14.4. The molecule has 0 saturated heterocycles. The summed E-state index contributed by atoms with van der Waals surface area (Å²) in [5.41, 5.74) is 2.08. The van der Waals surface area contributed by atoms with E-state index in [4.69, 9.17) is 14.2 Å². The number of halogens is 1. The molecular formula is C15H24BrNO4. The molecule has 0 spiro atoms. The van der Waals surface area contributed by atoms with Gasteiger partial charge in [-0.3, -0.25) is 0 Å². The first-order chi connectivity index (χ1) is 10.1. The second-order valence-corrected chi connectivity index (χ2v) is 5.69. The topological polar surface area (TPSA) is 60.0 Å². The van der Waals surface area contributed by atoms with E-state index < -0.39 is 6.10 Å². The van der Waals surface area contributed by atoms with Crippen LogP contribution in [0.15, 0.2) is 16.6 Å². The van der Waals surface area contributed by atoms with Crippen molar-refractivity contribution in [3.05, 3.63) is 27.7 Å². The van der Waals surface area contributed by atoms with Gasteiger partial charge in [-0.1, -0.05) is 15.9 Å². The number of ether oxygens (including phenoxy) is 3. The minimum atomic E-state index is -0.660. The third-order valence-corrected chi connectivity index (χ3v) is 3.30. The quantitative estimate of drug-likeness (QED) is 0.623. The highest BCUT2D eigenvalue weighted by Crippen LogP contribution is 2.28. The molecule has 0 aliphatic heterocycles. The van der Waals surface area contributed by atoms with Crippen molar-refractivity contribution in [3.8, 4) is 5.75 Å². The molecule has 5 nitrogen and oxygen atoms in total. The Labute approximate surface area is 134 Å². The molecule has 1 atom stereocenters. The van der Waals surface area contributed by atoms with Crippen LogP contribution in [-0.2, 0) is 16.0 Å². The normalized spacial score (nSPS) is 12.4. The highest BCUT2D eigenvalue weighted by atomic mass is 79.9. The van der Waals surface area contributed by atoms with Crippen LogP contribution < -0.4 is 10.1 Å². The van der Waals surface area contributed by atoms with E-state index in [9.17, 15) is 5.11 Å². The number of hydrogen-bond donors (Lipinski definition) is 2. The Morgan fingerprint density at radius 1 is 1.29 bits per heavy atom. The second-order valence-electron chi connectivity index (χ2n) is 4.77. The van der Waals surface area contributed by atoms with Gasteiger partial charge in [-0.15, -0.1) is 0 Å². The summed E-state index contributed by atoms with van der Waals surface area (Å²) in [5, 5.41) is 13.0. The third kappa shape index (κ3) is 6.76. The summed E-state index contributed by atoms with van der Waals surface area (Å²) in [7, 11) is 3.50. The van der Waals surface area contributed by atoms with Gasteiger partial charge in [0.25, 0.3) is 0 Å². The van der Waals surface area contributed by atoms with Gasteiger partial charge in [0.1, 0.15) is 18.5 Å². The maximum Gasteiger partial charge on any atom is 0.126 e. The van der Waals surface area contributed by atoms with Crippen molar-refractivity contribution in [1.82, 2.24) is 5.32 Å². The molecule has 1 aromatic rings. The molecule has 1 rings (SSSR count). The molecule has 0 aromatic heterocycles. The standard InChI is InChI=1S/C15H24BrNO4/c1-11-6-13(16)7-12(8-17-2)15(11)21-10-14(18)9-20-5-4-19-3/h6-7,14,17-18H,4-5,8-10H2,1-3H3. The van der Waals surface area contributed by atoms with Crippen LogP contribution >= 0.6 is 15.9 Å². The summed E-state index contributed by atoms with van der Waals surface area (Å²) in [6.07, 6.45) is -0.660. The number of hydrogen-bond acceptors (Lipinski definition) is 5. The number of aliphatic hydroxyl groups excluding tert-OH is 1. The SMILES string of the molecule is CNCc1cc(Br)cc(C)c1OCC(O)COCCOC. The number of rotatable bonds is 10. The molecule has 2 N–H and O–H groups in total. The van der Waals surface area contributed by atoms with E-state index in [1.54, 1.807) is 7.11 Å². The molecule has 21 heavy (non-hydrogen) atoms. The lowest BCUT2D eigenvalue weighted by atomic mass is 10.1. The summed E-state index contributed by atoms with van der Waals surface area (Å²) in [6, 6.07) is 4.01.